The molecule has 0 atom stereocenters. The lowest BCUT2D eigenvalue weighted by atomic mass is 9.93. The Morgan fingerprint density at radius 1 is 1.50 bits per heavy atom. The number of thiazole rings is 1. The molecule has 0 radical (unpaired) electrons. The highest BCUT2D eigenvalue weighted by Gasteiger charge is 2.19. The number of nitrogens with one attached hydrogen (secondary N) is 2. The fraction of sp³-hybridized carbons (Fsp3) is 0.545. The zero-order chi connectivity index (χ0) is 13.1. The number of carboxylic acids is 1. The van der Waals surface area contributed by atoms with Gasteiger partial charge in [-0.1, -0.05) is 0 Å². The SMILES string of the molecule is Cc1nc(CNC(=O)NC2CCC2)sc1C(=O)O. The van der Waals surface area contributed by atoms with Crippen LogP contribution in [0, 0.1) is 6.92 Å². The predicted molar refractivity (Wildman–Crippen MR) is 66.8 cm³/mol. The molecule has 3 N–H and O–H groups in total. The molecule has 1 fully saturated rings. The topological polar surface area (TPSA) is 91.3 Å². The molecule has 0 bridgehead atoms. The first-order valence-electron chi connectivity index (χ1n) is 5.80. The predicted octanol–water partition coefficient (Wildman–Crippen LogP) is 1.50. The van der Waals surface area contributed by atoms with Gasteiger partial charge in [0.2, 0.25) is 0 Å². The minimum absolute atomic E-state index is 0.218. The van der Waals surface area contributed by atoms with Crippen molar-refractivity contribution in [3.05, 3.63) is 15.6 Å². The van der Waals surface area contributed by atoms with Crippen molar-refractivity contribution in [2.45, 2.75) is 38.8 Å². The zero-order valence-corrected chi connectivity index (χ0v) is 10.8. The summed E-state index contributed by atoms with van der Waals surface area (Å²) >= 11 is 1.10. The number of carbonyl (C=O) groups is 2. The second kappa shape index (κ2) is 5.34. The fourth-order valence-corrected chi connectivity index (χ4v) is 2.51. The quantitative estimate of drug-likeness (QED) is 0.772. The average Bonchev–Trinajstić information content (AvgIpc) is 2.62. The van der Waals surface area contributed by atoms with E-state index >= 15 is 0 Å². The summed E-state index contributed by atoms with van der Waals surface area (Å²) in [6.45, 7) is 1.91. The van der Waals surface area contributed by atoms with Gasteiger partial charge in [0.05, 0.1) is 12.2 Å². The minimum Gasteiger partial charge on any atom is -0.477 e. The van der Waals surface area contributed by atoms with Gasteiger partial charge in [0, 0.05) is 6.04 Å². The van der Waals surface area contributed by atoms with Crippen molar-refractivity contribution in [3.8, 4) is 0 Å². The van der Waals surface area contributed by atoms with Gasteiger partial charge in [-0.2, -0.15) is 0 Å². The number of rotatable bonds is 4. The van der Waals surface area contributed by atoms with E-state index in [2.05, 4.69) is 15.6 Å². The first-order chi connectivity index (χ1) is 8.56. The summed E-state index contributed by atoms with van der Waals surface area (Å²) < 4.78 is 0. The maximum absolute atomic E-state index is 11.5. The van der Waals surface area contributed by atoms with Crippen LogP contribution in [0.3, 0.4) is 0 Å². The van der Waals surface area contributed by atoms with Crippen molar-refractivity contribution in [2.75, 3.05) is 0 Å². The van der Waals surface area contributed by atoms with Gasteiger partial charge in [0.25, 0.3) is 0 Å². The molecule has 7 heteroatoms. The second-order valence-corrected chi connectivity index (χ2v) is 5.37. The van der Waals surface area contributed by atoms with E-state index in [1.807, 2.05) is 0 Å². The van der Waals surface area contributed by atoms with E-state index in [1.54, 1.807) is 6.92 Å². The third kappa shape index (κ3) is 2.98. The maximum atomic E-state index is 11.5. The maximum Gasteiger partial charge on any atom is 0.347 e. The molecule has 98 valence electrons. The van der Waals surface area contributed by atoms with E-state index in [4.69, 9.17) is 5.11 Å². The van der Waals surface area contributed by atoms with Crippen molar-refractivity contribution in [3.63, 3.8) is 0 Å². The highest BCUT2D eigenvalue weighted by molar-refractivity contribution is 7.13. The number of aromatic carboxylic acids is 1. The van der Waals surface area contributed by atoms with Crippen LogP contribution in [0.1, 0.15) is 39.6 Å². The van der Waals surface area contributed by atoms with Gasteiger partial charge in [-0.15, -0.1) is 11.3 Å². The van der Waals surface area contributed by atoms with Crippen LogP contribution < -0.4 is 10.6 Å². The third-order valence-electron chi connectivity index (χ3n) is 2.88. The van der Waals surface area contributed by atoms with Crippen LogP contribution in [-0.4, -0.2) is 28.1 Å². The zero-order valence-electron chi connectivity index (χ0n) is 10.0. The molecule has 0 aromatic carbocycles. The van der Waals surface area contributed by atoms with Crippen LogP contribution >= 0.6 is 11.3 Å². The molecule has 1 saturated carbocycles. The number of aryl methyl sites for hydroxylation is 1. The number of urea groups is 1. The van der Waals surface area contributed by atoms with Crippen molar-refractivity contribution in [1.29, 1.82) is 0 Å². The summed E-state index contributed by atoms with van der Waals surface area (Å²) in [5, 5.41) is 15.0. The summed E-state index contributed by atoms with van der Waals surface area (Å²) in [4.78, 5) is 26.7. The minimum atomic E-state index is -0.977. The first-order valence-corrected chi connectivity index (χ1v) is 6.62. The lowest BCUT2D eigenvalue weighted by molar-refractivity contribution is 0.0701. The molecule has 18 heavy (non-hydrogen) atoms. The number of hydrogen-bond acceptors (Lipinski definition) is 4. The summed E-state index contributed by atoms with van der Waals surface area (Å²) in [5.74, 6) is -0.977. The van der Waals surface area contributed by atoms with Gasteiger partial charge in [-0.25, -0.2) is 14.6 Å². The van der Waals surface area contributed by atoms with E-state index in [9.17, 15) is 9.59 Å². The van der Waals surface area contributed by atoms with Crippen LogP contribution in [0.2, 0.25) is 0 Å². The normalized spacial score (nSPS) is 14.9. The number of hydrogen-bond donors (Lipinski definition) is 3. The Kier molecular flexibility index (Phi) is 3.81. The summed E-state index contributed by atoms with van der Waals surface area (Å²) in [7, 11) is 0. The van der Waals surface area contributed by atoms with Crippen LogP contribution in [0.5, 0.6) is 0 Å². The monoisotopic (exact) mass is 269 g/mol. The molecular formula is C11H15N3O3S. The Bertz CT molecular complexity index is 468. The van der Waals surface area contributed by atoms with E-state index in [0.717, 1.165) is 24.2 Å². The Morgan fingerprint density at radius 3 is 2.72 bits per heavy atom. The highest BCUT2D eigenvalue weighted by Crippen LogP contribution is 2.19. The van der Waals surface area contributed by atoms with Crippen molar-refractivity contribution < 1.29 is 14.7 Å². The Labute approximate surface area is 108 Å². The number of nitrogens with zero attached hydrogens (tertiary/aromatic N) is 1. The van der Waals surface area contributed by atoms with Crippen molar-refractivity contribution >= 4 is 23.3 Å². The molecule has 0 aliphatic heterocycles. The van der Waals surface area contributed by atoms with Gasteiger partial charge in [-0.3, -0.25) is 0 Å². The largest absolute Gasteiger partial charge is 0.477 e. The Hall–Kier alpha value is -1.63. The standard InChI is InChI=1S/C11H15N3O3S/c1-6-9(10(15)16)18-8(13-6)5-12-11(17)14-7-3-2-4-7/h7H,2-5H2,1H3,(H,15,16)(H2,12,14,17). The number of carboxylic acid groups (broad SMARTS) is 1. The van der Waals surface area contributed by atoms with Gasteiger partial charge in [-0.05, 0) is 26.2 Å². The molecule has 0 spiro atoms. The Balaban J connectivity index is 1.83. The molecule has 6 nitrogen and oxygen atoms in total. The van der Waals surface area contributed by atoms with Crippen LogP contribution in [0.15, 0.2) is 0 Å². The molecule has 1 aromatic heterocycles. The van der Waals surface area contributed by atoms with E-state index < -0.39 is 5.97 Å². The van der Waals surface area contributed by atoms with Gasteiger partial charge in [0.1, 0.15) is 9.88 Å². The lowest BCUT2D eigenvalue weighted by Gasteiger charge is -2.26. The van der Waals surface area contributed by atoms with Crippen LogP contribution in [-0.2, 0) is 6.54 Å². The average molecular weight is 269 g/mol. The molecule has 2 amide bonds. The number of carbonyl (C=O) groups excluding carboxylic acids is 1. The molecule has 0 unspecified atom stereocenters. The smallest absolute Gasteiger partial charge is 0.347 e. The van der Waals surface area contributed by atoms with Crippen molar-refractivity contribution in [2.24, 2.45) is 0 Å². The molecule has 1 aliphatic rings. The molecule has 1 heterocycles. The lowest BCUT2D eigenvalue weighted by Crippen LogP contribution is -2.44. The Morgan fingerprint density at radius 2 is 2.22 bits per heavy atom. The number of aromatic nitrogens is 1. The van der Waals surface area contributed by atoms with E-state index in [1.165, 1.54) is 6.42 Å². The van der Waals surface area contributed by atoms with Crippen LogP contribution in [0.4, 0.5) is 4.79 Å². The summed E-state index contributed by atoms with van der Waals surface area (Å²) in [6, 6.07) is 0.0713. The van der Waals surface area contributed by atoms with Gasteiger partial charge < -0.3 is 15.7 Å². The van der Waals surface area contributed by atoms with Crippen molar-refractivity contribution in [1.82, 2.24) is 15.6 Å². The molecule has 2 rings (SSSR count). The van der Waals surface area contributed by atoms with Crippen LogP contribution in [0.25, 0.3) is 0 Å². The van der Waals surface area contributed by atoms with E-state index in [-0.39, 0.29) is 23.5 Å². The second-order valence-electron chi connectivity index (χ2n) is 4.28. The van der Waals surface area contributed by atoms with Gasteiger partial charge >= 0.3 is 12.0 Å². The molecule has 1 aromatic rings. The fourth-order valence-electron chi connectivity index (χ4n) is 1.67. The van der Waals surface area contributed by atoms with Gasteiger partial charge in [0.15, 0.2) is 0 Å². The highest BCUT2D eigenvalue weighted by atomic mass is 32.1. The first kappa shape index (κ1) is 12.8. The summed E-state index contributed by atoms with van der Waals surface area (Å²) in [6.07, 6.45) is 3.23. The third-order valence-corrected chi connectivity index (χ3v) is 4.02. The molecule has 1 aliphatic carbocycles. The van der Waals surface area contributed by atoms with E-state index in [0.29, 0.717) is 10.7 Å². The molecule has 0 saturated heterocycles. The molecular weight excluding hydrogens is 254 g/mol. The number of amides is 2. The summed E-state index contributed by atoms with van der Waals surface area (Å²) in [5.41, 5.74) is 0.490.